The highest BCUT2D eigenvalue weighted by molar-refractivity contribution is 7.99. The minimum Gasteiger partial charge on any atom is -0.484 e. The zero-order valence-electron chi connectivity index (χ0n) is 19.6. The van der Waals surface area contributed by atoms with Crippen molar-refractivity contribution in [1.82, 2.24) is 20.1 Å². The van der Waals surface area contributed by atoms with Crippen LogP contribution in [-0.4, -0.2) is 38.9 Å². The molecule has 2 amide bonds. The predicted octanol–water partition coefficient (Wildman–Crippen LogP) is 4.33. The smallest absolute Gasteiger partial charge is 0.258 e. The van der Waals surface area contributed by atoms with Gasteiger partial charge in [0.1, 0.15) is 5.75 Å². The maximum absolute atomic E-state index is 12.3. The fourth-order valence-electron chi connectivity index (χ4n) is 2.95. The number of nitrogens with zero attached hydrogens (tertiary/aromatic N) is 3. The van der Waals surface area contributed by atoms with Crippen molar-refractivity contribution in [2.45, 2.75) is 38.4 Å². The first-order chi connectivity index (χ1) is 16.2. The minimum absolute atomic E-state index is 0.0936. The van der Waals surface area contributed by atoms with Crippen LogP contribution in [-0.2, 0) is 23.2 Å². The van der Waals surface area contributed by atoms with Gasteiger partial charge in [-0.1, -0.05) is 55.4 Å². The molecule has 0 unspecified atom stereocenters. The van der Waals surface area contributed by atoms with Gasteiger partial charge in [-0.3, -0.25) is 9.59 Å². The van der Waals surface area contributed by atoms with E-state index in [1.54, 1.807) is 23.7 Å². The first kappa shape index (κ1) is 25.6. The summed E-state index contributed by atoms with van der Waals surface area (Å²) in [6.45, 7) is 6.25. The fourth-order valence-corrected chi connectivity index (χ4v) is 3.86. The summed E-state index contributed by atoms with van der Waals surface area (Å²) in [5.74, 6) is 1.37. The second kappa shape index (κ2) is 11.9. The Balaban J connectivity index is 1.43. The monoisotopic (exact) mass is 501 g/mol. The molecule has 0 saturated heterocycles. The van der Waals surface area contributed by atoms with Crippen molar-refractivity contribution < 1.29 is 14.3 Å². The number of benzene rings is 2. The number of halogens is 1. The van der Waals surface area contributed by atoms with Crippen LogP contribution in [0.25, 0.3) is 0 Å². The van der Waals surface area contributed by atoms with Crippen molar-refractivity contribution >= 4 is 40.9 Å². The molecule has 0 saturated carbocycles. The third kappa shape index (κ3) is 7.23. The molecule has 0 aliphatic heterocycles. The van der Waals surface area contributed by atoms with Crippen molar-refractivity contribution in [1.29, 1.82) is 0 Å². The van der Waals surface area contributed by atoms with Crippen molar-refractivity contribution in [3.63, 3.8) is 0 Å². The summed E-state index contributed by atoms with van der Waals surface area (Å²) in [4.78, 5) is 24.4. The summed E-state index contributed by atoms with van der Waals surface area (Å²) in [5, 5.41) is 15.0. The highest BCUT2D eigenvalue weighted by atomic mass is 35.5. The SMILES string of the molecule is Cc1ccc(NC(=O)CSc2nnc(CNC(=O)COc3ccc(C(C)C)cc3)n2C)cc1Cl. The van der Waals surface area contributed by atoms with Gasteiger partial charge in [0.05, 0.1) is 12.3 Å². The largest absolute Gasteiger partial charge is 0.484 e. The Morgan fingerprint density at radius 1 is 1.12 bits per heavy atom. The molecule has 3 aromatic rings. The average molecular weight is 502 g/mol. The lowest BCUT2D eigenvalue weighted by Crippen LogP contribution is -2.29. The van der Waals surface area contributed by atoms with Crippen molar-refractivity contribution in [3.05, 3.63) is 64.4 Å². The molecule has 34 heavy (non-hydrogen) atoms. The number of amides is 2. The topological polar surface area (TPSA) is 98.1 Å². The molecule has 1 heterocycles. The van der Waals surface area contributed by atoms with Crippen molar-refractivity contribution in [2.75, 3.05) is 17.7 Å². The lowest BCUT2D eigenvalue weighted by molar-refractivity contribution is -0.123. The van der Waals surface area contributed by atoms with Crippen LogP contribution in [0.1, 0.15) is 36.7 Å². The van der Waals surface area contributed by atoms with Gasteiger partial charge in [0.25, 0.3) is 5.91 Å². The molecular weight excluding hydrogens is 474 g/mol. The van der Waals surface area contributed by atoms with Gasteiger partial charge in [0, 0.05) is 17.8 Å². The molecular formula is C24H28ClN5O3S. The zero-order chi connectivity index (χ0) is 24.7. The maximum Gasteiger partial charge on any atom is 0.258 e. The molecule has 0 bridgehead atoms. The molecule has 0 atom stereocenters. The number of nitrogens with one attached hydrogen (secondary N) is 2. The van der Waals surface area contributed by atoms with Gasteiger partial charge in [-0.15, -0.1) is 10.2 Å². The molecule has 0 aliphatic carbocycles. The van der Waals surface area contributed by atoms with E-state index in [-0.39, 0.29) is 30.7 Å². The summed E-state index contributed by atoms with van der Waals surface area (Å²) < 4.78 is 7.28. The molecule has 8 nitrogen and oxygen atoms in total. The maximum atomic E-state index is 12.3. The Bertz CT molecular complexity index is 1150. The van der Waals surface area contributed by atoms with Crippen LogP contribution < -0.4 is 15.4 Å². The van der Waals surface area contributed by atoms with Gasteiger partial charge < -0.3 is 19.9 Å². The van der Waals surface area contributed by atoms with Crippen LogP contribution in [0.15, 0.2) is 47.6 Å². The first-order valence-electron chi connectivity index (χ1n) is 10.8. The number of carbonyl (C=O) groups is 2. The number of carbonyl (C=O) groups excluding carboxylic acids is 2. The Morgan fingerprint density at radius 3 is 2.53 bits per heavy atom. The quantitative estimate of drug-likeness (QED) is 0.401. The Labute approximate surface area is 208 Å². The molecule has 180 valence electrons. The highest BCUT2D eigenvalue weighted by Crippen LogP contribution is 2.21. The number of anilines is 1. The van der Waals surface area contributed by atoms with Gasteiger partial charge in [0.2, 0.25) is 5.91 Å². The molecule has 1 aromatic heterocycles. The van der Waals surface area contributed by atoms with Crippen LogP contribution in [0.3, 0.4) is 0 Å². The van der Waals surface area contributed by atoms with Gasteiger partial charge in [-0.25, -0.2) is 0 Å². The van der Waals surface area contributed by atoms with E-state index in [0.29, 0.717) is 33.4 Å². The lowest BCUT2D eigenvalue weighted by Gasteiger charge is -2.09. The number of aryl methyl sites for hydroxylation is 1. The van der Waals surface area contributed by atoms with Crippen molar-refractivity contribution in [3.8, 4) is 5.75 Å². The van der Waals surface area contributed by atoms with E-state index < -0.39 is 0 Å². The lowest BCUT2D eigenvalue weighted by atomic mass is 10.0. The molecule has 10 heteroatoms. The normalized spacial score (nSPS) is 10.9. The van der Waals surface area contributed by atoms with E-state index in [1.165, 1.54) is 17.3 Å². The summed E-state index contributed by atoms with van der Waals surface area (Å²) in [6, 6.07) is 13.1. The number of rotatable bonds is 10. The van der Waals surface area contributed by atoms with E-state index >= 15 is 0 Å². The van der Waals surface area contributed by atoms with Crippen LogP contribution in [0.4, 0.5) is 5.69 Å². The third-order valence-corrected chi connectivity index (χ3v) is 6.50. The summed E-state index contributed by atoms with van der Waals surface area (Å²) in [5.41, 5.74) is 2.80. The minimum atomic E-state index is -0.263. The predicted molar refractivity (Wildman–Crippen MR) is 134 cm³/mol. The molecule has 0 fully saturated rings. The number of ether oxygens (including phenoxy) is 1. The Morgan fingerprint density at radius 2 is 1.85 bits per heavy atom. The molecule has 0 aliphatic rings. The van der Waals surface area contributed by atoms with Crippen LogP contribution in [0, 0.1) is 6.92 Å². The van der Waals surface area contributed by atoms with Gasteiger partial charge >= 0.3 is 0 Å². The summed E-state index contributed by atoms with van der Waals surface area (Å²) in [7, 11) is 1.79. The Hall–Kier alpha value is -3.04. The molecule has 3 rings (SSSR count). The number of hydrogen-bond donors (Lipinski definition) is 2. The summed E-state index contributed by atoms with van der Waals surface area (Å²) >= 11 is 7.35. The van der Waals surface area contributed by atoms with Crippen LogP contribution in [0.2, 0.25) is 5.02 Å². The van der Waals surface area contributed by atoms with E-state index in [0.717, 1.165) is 5.56 Å². The molecule has 2 N–H and O–H groups in total. The molecule has 0 radical (unpaired) electrons. The van der Waals surface area contributed by atoms with E-state index in [9.17, 15) is 9.59 Å². The van der Waals surface area contributed by atoms with Gasteiger partial charge in [0.15, 0.2) is 17.6 Å². The van der Waals surface area contributed by atoms with Crippen LogP contribution >= 0.6 is 23.4 Å². The Kier molecular flexibility index (Phi) is 8.95. The molecule has 2 aromatic carbocycles. The van der Waals surface area contributed by atoms with E-state index in [4.69, 9.17) is 16.3 Å². The fraction of sp³-hybridized carbons (Fsp3) is 0.333. The average Bonchev–Trinajstić information content (AvgIpc) is 3.16. The second-order valence-electron chi connectivity index (χ2n) is 8.05. The highest BCUT2D eigenvalue weighted by Gasteiger charge is 2.13. The second-order valence-corrected chi connectivity index (χ2v) is 9.40. The van der Waals surface area contributed by atoms with E-state index in [1.807, 2.05) is 37.3 Å². The summed E-state index contributed by atoms with van der Waals surface area (Å²) in [6.07, 6.45) is 0. The third-order valence-electron chi connectivity index (χ3n) is 5.07. The standard InChI is InChI=1S/C24H28ClN5O3S/c1-15(2)17-6-9-19(10-7-17)33-13-22(31)26-12-21-28-29-24(30(21)4)34-14-23(32)27-18-8-5-16(3)20(25)11-18/h5-11,15H,12-14H2,1-4H3,(H,26,31)(H,27,32). The first-order valence-corrected chi connectivity index (χ1v) is 12.2. The number of aromatic nitrogens is 3. The van der Waals surface area contributed by atoms with Crippen LogP contribution in [0.5, 0.6) is 5.75 Å². The number of thioether (sulfide) groups is 1. The van der Waals surface area contributed by atoms with Gasteiger partial charge in [-0.05, 0) is 48.2 Å². The van der Waals surface area contributed by atoms with Crippen molar-refractivity contribution in [2.24, 2.45) is 7.05 Å². The number of hydrogen-bond acceptors (Lipinski definition) is 6. The zero-order valence-corrected chi connectivity index (χ0v) is 21.2. The molecule has 0 spiro atoms. The van der Waals surface area contributed by atoms with E-state index in [2.05, 4.69) is 34.7 Å². The van der Waals surface area contributed by atoms with Gasteiger partial charge in [-0.2, -0.15) is 0 Å².